The molecule has 2 aromatic heterocycles. The molecule has 0 spiro atoms. The second kappa shape index (κ2) is 4.44. The quantitative estimate of drug-likeness (QED) is 0.838. The Kier molecular flexibility index (Phi) is 2.72. The van der Waals surface area contributed by atoms with Crippen LogP contribution in [0.5, 0.6) is 0 Å². The van der Waals surface area contributed by atoms with Gasteiger partial charge in [0.05, 0.1) is 5.39 Å². The van der Waals surface area contributed by atoms with E-state index in [2.05, 4.69) is 28.3 Å². The number of fused-ring (bicyclic) bond motifs is 2. The molecule has 2 aliphatic rings. The van der Waals surface area contributed by atoms with Crippen LogP contribution in [0, 0.1) is 11.8 Å². The second-order valence-corrected chi connectivity index (χ2v) is 6.71. The molecule has 1 saturated carbocycles. The predicted octanol–water partition coefficient (Wildman–Crippen LogP) is 3.49. The molecular weight excluding hydrogens is 254 g/mol. The van der Waals surface area contributed by atoms with Crippen molar-refractivity contribution in [2.24, 2.45) is 11.8 Å². The highest BCUT2D eigenvalue weighted by Crippen LogP contribution is 2.40. The first-order chi connectivity index (χ1) is 9.35. The Hall–Kier alpha value is -1.16. The molecule has 3 nitrogen and oxygen atoms in total. The molecule has 2 aromatic rings. The molecule has 19 heavy (non-hydrogen) atoms. The third-order valence-electron chi connectivity index (χ3n) is 4.69. The van der Waals surface area contributed by atoms with Gasteiger partial charge in [-0.2, -0.15) is 0 Å². The number of hydrogen-bond donors (Lipinski definition) is 0. The largest absolute Gasteiger partial charge is 0.355 e. The standard InChI is InChI=1S/C15H19N3S/c1-2-13-16-14(12-6-7-19-15(12)17-13)18-8-10-4-3-5-11(10)9-18/h6-7,10-11H,2-5,8-9H2,1H3. The summed E-state index contributed by atoms with van der Waals surface area (Å²) < 4.78 is 0. The number of aromatic nitrogens is 2. The zero-order valence-electron chi connectivity index (χ0n) is 11.3. The first-order valence-corrected chi connectivity index (χ1v) is 8.22. The summed E-state index contributed by atoms with van der Waals surface area (Å²) in [7, 11) is 0. The first-order valence-electron chi connectivity index (χ1n) is 7.34. The molecule has 100 valence electrons. The van der Waals surface area contributed by atoms with E-state index in [1.807, 2.05) is 0 Å². The van der Waals surface area contributed by atoms with E-state index in [9.17, 15) is 0 Å². The van der Waals surface area contributed by atoms with Crippen molar-refractivity contribution in [3.8, 4) is 0 Å². The topological polar surface area (TPSA) is 29.0 Å². The molecule has 4 rings (SSSR count). The normalized spacial score (nSPS) is 26.3. The molecule has 1 aliphatic carbocycles. The average molecular weight is 273 g/mol. The van der Waals surface area contributed by atoms with Crippen LogP contribution in [0.1, 0.15) is 32.0 Å². The van der Waals surface area contributed by atoms with Crippen molar-refractivity contribution in [3.05, 3.63) is 17.3 Å². The summed E-state index contributed by atoms with van der Waals surface area (Å²) in [5, 5.41) is 3.39. The molecule has 0 amide bonds. The maximum absolute atomic E-state index is 4.82. The van der Waals surface area contributed by atoms with Crippen LogP contribution in [0.25, 0.3) is 10.2 Å². The van der Waals surface area contributed by atoms with Gasteiger partial charge in [-0.15, -0.1) is 11.3 Å². The lowest BCUT2D eigenvalue weighted by molar-refractivity contribution is 0.494. The van der Waals surface area contributed by atoms with Crippen molar-refractivity contribution in [3.63, 3.8) is 0 Å². The van der Waals surface area contributed by atoms with Crippen LogP contribution >= 0.6 is 11.3 Å². The molecule has 0 N–H and O–H groups in total. The lowest BCUT2D eigenvalue weighted by Crippen LogP contribution is -2.22. The first kappa shape index (κ1) is 11.6. The third kappa shape index (κ3) is 1.84. The summed E-state index contributed by atoms with van der Waals surface area (Å²) in [6.45, 7) is 4.54. The Labute approximate surface area is 117 Å². The summed E-state index contributed by atoms with van der Waals surface area (Å²) >= 11 is 1.73. The Morgan fingerprint density at radius 2 is 2.05 bits per heavy atom. The minimum absolute atomic E-state index is 0.911. The smallest absolute Gasteiger partial charge is 0.141 e. The van der Waals surface area contributed by atoms with Crippen molar-refractivity contribution in [2.75, 3.05) is 18.0 Å². The molecule has 1 saturated heterocycles. The molecule has 4 heteroatoms. The van der Waals surface area contributed by atoms with E-state index in [0.717, 1.165) is 28.9 Å². The molecule has 0 bridgehead atoms. The van der Waals surface area contributed by atoms with Crippen LogP contribution in [-0.4, -0.2) is 23.1 Å². The van der Waals surface area contributed by atoms with Gasteiger partial charge in [-0.05, 0) is 36.1 Å². The minimum atomic E-state index is 0.911. The summed E-state index contributed by atoms with van der Waals surface area (Å²) in [5.74, 6) is 4.00. The number of nitrogens with zero attached hydrogens (tertiary/aromatic N) is 3. The van der Waals surface area contributed by atoms with Gasteiger partial charge in [-0.1, -0.05) is 13.3 Å². The Morgan fingerprint density at radius 1 is 1.26 bits per heavy atom. The third-order valence-corrected chi connectivity index (χ3v) is 5.50. The number of thiophene rings is 1. The van der Waals surface area contributed by atoms with Gasteiger partial charge in [0.25, 0.3) is 0 Å². The number of aryl methyl sites for hydroxylation is 1. The SMILES string of the molecule is CCc1nc(N2CC3CCCC3C2)c2ccsc2n1. The van der Waals surface area contributed by atoms with Crippen LogP contribution in [0.3, 0.4) is 0 Å². The summed E-state index contributed by atoms with van der Waals surface area (Å²) in [5.41, 5.74) is 0. The van der Waals surface area contributed by atoms with Gasteiger partial charge in [0.2, 0.25) is 0 Å². The molecule has 1 aliphatic heterocycles. The maximum atomic E-state index is 4.82. The fraction of sp³-hybridized carbons (Fsp3) is 0.600. The van der Waals surface area contributed by atoms with Crippen LogP contribution in [0.2, 0.25) is 0 Å². The van der Waals surface area contributed by atoms with Gasteiger partial charge in [-0.3, -0.25) is 0 Å². The van der Waals surface area contributed by atoms with E-state index in [0.29, 0.717) is 0 Å². The van der Waals surface area contributed by atoms with Crippen molar-refractivity contribution in [2.45, 2.75) is 32.6 Å². The van der Waals surface area contributed by atoms with E-state index in [1.54, 1.807) is 11.3 Å². The molecule has 2 unspecified atom stereocenters. The van der Waals surface area contributed by atoms with Gasteiger partial charge in [0.15, 0.2) is 0 Å². The molecule has 3 heterocycles. The highest BCUT2D eigenvalue weighted by Gasteiger charge is 2.37. The van der Waals surface area contributed by atoms with Gasteiger partial charge in [0, 0.05) is 19.5 Å². The fourth-order valence-electron chi connectivity index (χ4n) is 3.69. The van der Waals surface area contributed by atoms with E-state index in [-0.39, 0.29) is 0 Å². The van der Waals surface area contributed by atoms with Gasteiger partial charge in [0.1, 0.15) is 16.5 Å². The maximum Gasteiger partial charge on any atom is 0.141 e. The summed E-state index contributed by atoms with van der Waals surface area (Å²) in [6.07, 6.45) is 5.18. The van der Waals surface area contributed by atoms with Crippen molar-refractivity contribution in [1.29, 1.82) is 0 Å². The summed E-state index contributed by atoms with van der Waals surface area (Å²) in [6, 6.07) is 2.18. The zero-order valence-corrected chi connectivity index (χ0v) is 12.1. The lowest BCUT2D eigenvalue weighted by atomic mass is 10.0. The molecule has 2 atom stereocenters. The second-order valence-electron chi connectivity index (χ2n) is 5.81. The van der Waals surface area contributed by atoms with Crippen molar-refractivity contribution < 1.29 is 0 Å². The summed E-state index contributed by atoms with van der Waals surface area (Å²) in [4.78, 5) is 13.1. The fourth-order valence-corrected chi connectivity index (χ4v) is 4.47. The molecule has 0 radical (unpaired) electrons. The van der Waals surface area contributed by atoms with Gasteiger partial charge < -0.3 is 4.90 Å². The van der Waals surface area contributed by atoms with E-state index < -0.39 is 0 Å². The van der Waals surface area contributed by atoms with Crippen molar-refractivity contribution in [1.82, 2.24) is 9.97 Å². The molecular formula is C15H19N3S. The van der Waals surface area contributed by atoms with E-state index in [4.69, 9.17) is 4.98 Å². The number of rotatable bonds is 2. The highest BCUT2D eigenvalue weighted by molar-refractivity contribution is 7.16. The van der Waals surface area contributed by atoms with E-state index in [1.165, 1.54) is 43.6 Å². The number of hydrogen-bond acceptors (Lipinski definition) is 4. The van der Waals surface area contributed by atoms with E-state index >= 15 is 0 Å². The average Bonchev–Trinajstić information content (AvgIpc) is 3.11. The van der Waals surface area contributed by atoms with Crippen molar-refractivity contribution >= 4 is 27.4 Å². The number of anilines is 1. The Balaban J connectivity index is 1.75. The highest BCUT2D eigenvalue weighted by atomic mass is 32.1. The van der Waals surface area contributed by atoms with Crippen LogP contribution in [-0.2, 0) is 6.42 Å². The monoisotopic (exact) mass is 273 g/mol. The van der Waals surface area contributed by atoms with Gasteiger partial charge >= 0.3 is 0 Å². The minimum Gasteiger partial charge on any atom is -0.355 e. The zero-order chi connectivity index (χ0) is 12.8. The Morgan fingerprint density at radius 3 is 2.79 bits per heavy atom. The predicted molar refractivity (Wildman–Crippen MR) is 79.8 cm³/mol. The molecule has 2 fully saturated rings. The van der Waals surface area contributed by atoms with Crippen LogP contribution in [0.15, 0.2) is 11.4 Å². The van der Waals surface area contributed by atoms with Crippen LogP contribution < -0.4 is 4.90 Å². The van der Waals surface area contributed by atoms with Crippen LogP contribution in [0.4, 0.5) is 5.82 Å². The Bertz CT molecular complexity index is 594. The molecule has 0 aromatic carbocycles. The lowest BCUT2D eigenvalue weighted by Gasteiger charge is -2.19. The van der Waals surface area contributed by atoms with Gasteiger partial charge in [-0.25, -0.2) is 9.97 Å².